The summed E-state index contributed by atoms with van der Waals surface area (Å²) in [5.41, 5.74) is 1.32. The zero-order chi connectivity index (χ0) is 9.40. The minimum atomic E-state index is 0.250. The van der Waals surface area contributed by atoms with Crippen molar-refractivity contribution in [2.24, 2.45) is 5.92 Å². The maximum absolute atomic E-state index is 8.99. The summed E-state index contributed by atoms with van der Waals surface area (Å²) in [7, 11) is 0. The maximum Gasteiger partial charge on any atom is 0.0496 e. The van der Waals surface area contributed by atoms with E-state index in [1.165, 1.54) is 5.57 Å². The third-order valence-electron chi connectivity index (χ3n) is 1.71. The highest BCUT2D eigenvalue weighted by Crippen LogP contribution is 2.07. The van der Waals surface area contributed by atoms with Crippen molar-refractivity contribution in [3.8, 4) is 0 Å². The van der Waals surface area contributed by atoms with E-state index in [1.807, 2.05) is 0 Å². The number of rotatable bonds is 5. The largest absolute Gasteiger partial charge is 0.396 e. The average Bonchev–Trinajstić information content (AvgIpc) is 2.05. The normalized spacial score (nSPS) is 13.3. The van der Waals surface area contributed by atoms with Gasteiger partial charge in [0, 0.05) is 12.5 Å². The lowest BCUT2D eigenvalue weighted by Crippen LogP contribution is -2.00. The lowest BCUT2D eigenvalue weighted by atomic mass is 10.0. The van der Waals surface area contributed by atoms with E-state index in [9.17, 15) is 0 Å². The summed E-state index contributed by atoms with van der Waals surface area (Å²) in [5, 5.41) is 8.99. The van der Waals surface area contributed by atoms with Crippen molar-refractivity contribution in [1.29, 1.82) is 0 Å². The van der Waals surface area contributed by atoms with Gasteiger partial charge in [-0.2, -0.15) is 0 Å². The summed E-state index contributed by atoms with van der Waals surface area (Å²) in [4.78, 5) is 0. The first kappa shape index (κ1) is 11.4. The number of aliphatic hydroxyl groups excluding tert-OH is 1. The molecule has 0 aromatic carbocycles. The highest BCUT2D eigenvalue weighted by Gasteiger charge is 1.98. The van der Waals surface area contributed by atoms with Crippen LogP contribution in [0, 0.1) is 5.92 Å². The van der Waals surface area contributed by atoms with Crippen LogP contribution < -0.4 is 0 Å². The molecule has 0 saturated heterocycles. The number of aliphatic hydroxyl groups is 1. The minimum Gasteiger partial charge on any atom is -0.396 e. The molecule has 1 unspecified atom stereocenters. The van der Waals surface area contributed by atoms with Crippen LogP contribution in [0.15, 0.2) is 23.8 Å². The third-order valence-corrected chi connectivity index (χ3v) is 1.71. The SMILES string of the molecule is CCC=CC(CO)CC=C(C)C. The van der Waals surface area contributed by atoms with Gasteiger partial charge in [-0.25, -0.2) is 0 Å². The molecule has 0 aromatic heterocycles. The molecule has 1 N–H and O–H groups in total. The summed E-state index contributed by atoms with van der Waals surface area (Å²) < 4.78 is 0. The van der Waals surface area contributed by atoms with Crippen LogP contribution in [0.4, 0.5) is 0 Å². The van der Waals surface area contributed by atoms with E-state index in [2.05, 4.69) is 39.0 Å². The van der Waals surface area contributed by atoms with Crippen LogP contribution in [0.1, 0.15) is 33.6 Å². The van der Waals surface area contributed by atoms with Crippen molar-refractivity contribution in [3.63, 3.8) is 0 Å². The molecule has 0 radical (unpaired) electrons. The number of hydrogen-bond donors (Lipinski definition) is 1. The van der Waals surface area contributed by atoms with Crippen LogP contribution >= 0.6 is 0 Å². The summed E-state index contributed by atoms with van der Waals surface area (Å²) in [5.74, 6) is 0.305. The Kier molecular flexibility index (Phi) is 6.78. The molecule has 0 amide bonds. The predicted molar refractivity (Wildman–Crippen MR) is 54.1 cm³/mol. The number of allylic oxidation sites excluding steroid dienone is 3. The molecule has 0 aliphatic carbocycles. The second kappa shape index (κ2) is 7.11. The quantitative estimate of drug-likeness (QED) is 0.626. The topological polar surface area (TPSA) is 20.2 Å². The van der Waals surface area contributed by atoms with Gasteiger partial charge in [0.15, 0.2) is 0 Å². The molecule has 70 valence electrons. The van der Waals surface area contributed by atoms with E-state index in [-0.39, 0.29) is 6.61 Å². The van der Waals surface area contributed by atoms with Crippen LogP contribution in [-0.2, 0) is 0 Å². The molecule has 0 aliphatic heterocycles. The maximum atomic E-state index is 8.99. The van der Waals surface area contributed by atoms with Gasteiger partial charge < -0.3 is 5.11 Å². The molecule has 0 aromatic rings. The van der Waals surface area contributed by atoms with E-state index in [4.69, 9.17) is 5.11 Å². The molecule has 0 heterocycles. The first-order valence-electron chi connectivity index (χ1n) is 4.61. The Morgan fingerprint density at radius 3 is 2.50 bits per heavy atom. The molecular formula is C11H20O. The second-order valence-corrected chi connectivity index (χ2v) is 3.30. The standard InChI is InChI=1S/C11H20O/c1-4-5-6-11(9-12)8-7-10(2)3/h5-7,11-12H,4,8-9H2,1-3H3. The van der Waals surface area contributed by atoms with Crippen molar-refractivity contribution in [1.82, 2.24) is 0 Å². The lowest BCUT2D eigenvalue weighted by molar-refractivity contribution is 0.253. The van der Waals surface area contributed by atoms with Gasteiger partial charge in [0.2, 0.25) is 0 Å². The fraction of sp³-hybridized carbons (Fsp3) is 0.636. The highest BCUT2D eigenvalue weighted by atomic mass is 16.3. The van der Waals surface area contributed by atoms with Gasteiger partial charge in [-0.3, -0.25) is 0 Å². The Balaban J connectivity index is 3.83. The third kappa shape index (κ3) is 6.17. The Bertz CT molecular complexity index is 152. The number of hydrogen-bond acceptors (Lipinski definition) is 1. The van der Waals surface area contributed by atoms with Crippen LogP contribution in [-0.4, -0.2) is 11.7 Å². The zero-order valence-electron chi connectivity index (χ0n) is 8.38. The van der Waals surface area contributed by atoms with Gasteiger partial charge in [0.25, 0.3) is 0 Å². The molecule has 1 nitrogen and oxygen atoms in total. The van der Waals surface area contributed by atoms with Crippen molar-refractivity contribution in [2.75, 3.05) is 6.61 Å². The molecule has 1 atom stereocenters. The summed E-state index contributed by atoms with van der Waals surface area (Å²) in [6.45, 7) is 6.52. The highest BCUT2D eigenvalue weighted by molar-refractivity contribution is 4.98. The Morgan fingerprint density at radius 1 is 1.42 bits per heavy atom. The molecular weight excluding hydrogens is 148 g/mol. The fourth-order valence-electron chi connectivity index (χ4n) is 0.930. The Labute approximate surface area is 75.8 Å². The van der Waals surface area contributed by atoms with Crippen molar-refractivity contribution in [3.05, 3.63) is 23.8 Å². The van der Waals surface area contributed by atoms with E-state index < -0.39 is 0 Å². The first-order valence-corrected chi connectivity index (χ1v) is 4.61. The van der Waals surface area contributed by atoms with Crippen molar-refractivity contribution < 1.29 is 5.11 Å². The van der Waals surface area contributed by atoms with E-state index >= 15 is 0 Å². The van der Waals surface area contributed by atoms with E-state index in [1.54, 1.807) is 0 Å². The molecule has 0 rings (SSSR count). The van der Waals surface area contributed by atoms with Gasteiger partial charge in [-0.05, 0) is 26.7 Å². The second-order valence-electron chi connectivity index (χ2n) is 3.30. The smallest absolute Gasteiger partial charge is 0.0496 e. The van der Waals surface area contributed by atoms with Gasteiger partial charge in [0.1, 0.15) is 0 Å². The van der Waals surface area contributed by atoms with Crippen molar-refractivity contribution in [2.45, 2.75) is 33.6 Å². The summed E-state index contributed by atoms with van der Waals surface area (Å²) in [6, 6.07) is 0. The van der Waals surface area contributed by atoms with Gasteiger partial charge in [-0.1, -0.05) is 30.7 Å². The summed E-state index contributed by atoms with van der Waals surface area (Å²) >= 11 is 0. The molecule has 12 heavy (non-hydrogen) atoms. The molecule has 1 heteroatoms. The molecule has 0 saturated carbocycles. The summed E-state index contributed by atoms with van der Waals surface area (Å²) in [6.07, 6.45) is 8.38. The average molecular weight is 168 g/mol. The monoisotopic (exact) mass is 168 g/mol. The van der Waals surface area contributed by atoms with Crippen molar-refractivity contribution >= 4 is 0 Å². The zero-order valence-corrected chi connectivity index (χ0v) is 8.38. The molecule has 0 aliphatic rings. The lowest BCUT2D eigenvalue weighted by Gasteiger charge is -2.05. The Morgan fingerprint density at radius 2 is 2.08 bits per heavy atom. The van der Waals surface area contributed by atoms with Crippen LogP contribution in [0.25, 0.3) is 0 Å². The van der Waals surface area contributed by atoms with E-state index in [0.29, 0.717) is 5.92 Å². The fourth-order valence-corrected chi connectivity index (χ4v) is 0.930. The van der Waals surface area contributed by atoms with Crippen LogP contribution in [0.2, 0.25) is 0 Å². The van der Waals surface area contributed by atoms with Gasteiger partial charge in [0.05, 0.1) is 0 Å². The first-order chi connectivity index (χ1) is 5.70. The predicted octanol–water partition coefficient (Wildman–Crippen LogP) is 2.92. The van der Waals surface area contributed by atoms with E-state index in [0.717, 1.165) is 12.8 Å². The molecule has 0 fully saturated rings. The molecule has 0 spiro atoms. The minimum absolute atomic E-state index is 0.250. The van der Waals surface area contributed by atoms with Crippen LogP contribution in [0.3, 0.4) is 0 Å². The van der Waals surface area contributed by atoms with Gasteiger partial charge >= 0.3 is 0 Å². The molecule has 0 bridgehead atoms. The van der Waals surface area contributed by atoms with Gasteiger partial charge in [-0.15, -0.1) is 0 Å². The van der Waals surface area contributed by atoms with Crippen LogP contribution in [0.5, 0.6) is 0 Å². The Hall–Kier alpha value is -0.560.